The summed E-state index contributed by atoms with van der Waals surface area (Å²) in [5.41, 5.74) is 0.970. The molecular formula is C42H41NO9. The number of fused-ring (bicyclic) bond motifs is 4. The van der Waals surface area contributed by atoms with E-state index in [2.05, 4.69) is 0 Å². The highest BCUT2D eigenvalue weighted by molar-refractivity contribution is 6.31. The molecule has 3 aromatic carbocycles. The number of carboxylic acids is 1. The number of carbonyl (C=O) groups excluding carboxylic acids is 4. The van der Waals surface area contributed by atoms with Gasteiger partial charge in [0.25, 0.3) is 0 Å². The molecule has 3 aliphatic carbocycles. The highest BCUT2D eigenvalue weighted by Crippen LogP contribution is 2.65. The van der Waals surface area contributed by atoms with Gasteiger partial charge in [-0.3, -0.25) is 28.9 Å². The molecule has 268 valence electrons. The zero-order chi connectivity index (χ0) is 36.7. The highest BCUT2D eigenvalue weighted by atomic mass is 16.5. The number of imide groups is 1. The summed E-state index contributed by atoms with van der Waals surface area (Å²) in [6.07, 6.45) is 5.25. The van der Waals surface area contributed by atoms with E-state index in [0.29, 0.717) is 47.3 Å². The zero-order valence-corrected chi connectivity index (χ0v) is 29.1. The van der Waals surface area contributed by atoms with Gasteiger partial charge in [0.05, 0.1) is 31.5 Å². The standard InChI is InChI=1S/C42H41NO9/c1-51-26-20-32(44)37(33(21-26)52-2)38-27-17-18-28-36(41(50)43(40(28)49)19-11-5-10-16-35(46)47)30(27)22-31-39(48)29(24-12-6-3-7-13-24)23-34(45)42(31,38)25-14-8-4-9-15-25/h3-4,6-9,12-15,17,20-21,23,28,30-31,36,38,44H,5,10-11,16,18-19,22H2,1-2H3,(H,46,47). The molecule has 0 spiro atoms. The Morgan fingerprint density at radius 1 is 0.885 bits per heavy atom. The number of likely N-dealkylation sites (tertiary alicyclic amines) is 1. The first-order chi connectivity index (χ1) is 25.1. The summed E-state index contributed by atoms with van der Waals surface area (Å²) in [5.74, 6) is -5.57. The Kier molecular flexibility index (Phi) is 9.33. The van der Waals surface area contributed by atoms with E-state index in [4.69, 9.17) is 14.6 Å². The van der Waals surface area contributed by atoms with Crippen LogP contribution in [0.5, 0.6) is 17.2 Å². The van der Waals surface area contributed by atoms with Gasteiger partial charge in [-0.25, -0.2) is 0 Å². The average Bonchev–Trinajstić information content (AvgIpc) is 3.40. The van der Waals surface area contributed by atoms with E-state index < -0.39 is 41.0 Å². The normalized spacial score (nSPS) is 26.6. The minimum absolute atomic E-state index is 0.0161. The fourth-order valence-corrected chi connectivity index (χ4v) is 9.36. The van der Waals surface area contributed by atoms with Crippen molar-refractivity contribution in [1.29, 1.82) is 0 Å². The first-order valence-corrected chi connectivity index (χ1v) is 17.8. The van der Waals surface area contributed by atoms with Gasteiger partial charge in [-0.05, 0) is 48.8 Å². The van der Waals surface area contributed by atoms with Crippen molar-refractivity contribution in [3.8, 4) is 17.2 Å². The molecule has 1 heterocycles. The Bertz CT molecular complexity index is 2000. The van der Waals surface area contributed by atoms with Crippen molar-refractivity contribution in [2.45, 2.75) is 49.9 Å². The van der Waals surface area contributed by atoms with E-state index in [9.17, 15) is 19.5 Å². The molecule has 2 fully saturated rings. The minimum atomic E-state index is -1.53. The Labute approximate surface area is 301 Å². The molecular weight excluding hydrogens is 662 g/mol. The molecule has 3 aromatic rings. The number of nitrogens with zero attached hydrogens (tertiary/aromatic N) is 1. The van der Waals surface area contributed by atoms with Gasteiger partial charge >= 0.3 is 5.97 Å². The molecule has 7 rings (SSSR count). The van der Waals surface area contributed by atoms with Gasteiger partial charge < -0.3 is 19.7 Å². The maximum absolute atomic E-state index is 15.2. The van der Waals surface area contributed by atoms with E-state index >= 15 is 9.59 Å². The quantitative estimate of drug-likeness (QED) is 0.142. The number of hydrogen-bond acceptors (Lipinski definition) is 8. The summed E-state index contributed by atoms with van der Waals surface area (Å²) >= 11 is 0. The van der Waals surface area contributed by atoms with E-state index in [1.54, 1.807) is 18.2 Å². The number of allylic oxidation sites excluding steroid dienone is 4. The van der Waals surface area contributed by atoms with Crippen LogP contribution in [0.1, 0.15) is 61.1 Å². The van der Waals surface area contributed by atoms with E-state index in [0.717, 1.165) is 0 Å². The Morgan fingerprint density at radius 3 is 2.27 bits per heavy atom. The smallest absolute Gasteiger partial charge is 0.303 e. The zero-order valence-electron chi connectivity index (χ0n) is 29.1. The molecule has 0 radical (unpaired) electrons. The lowest BCUT2D eigenvalue weighted by molar-refractivity contribution is -0.141. The number of ether oxygens (including phenoxy) is 2. The number of ketones is 2. The van der Waals surface area contributed by atoms with Gasteiger partial charge in [0.1, 0.15) is 17.2 Å². The Balaban J connectivity index is 1.42. The van der Waals surface area contributed by atoms with Crippen molar-refractivity contribution in [2.75, 3.05) is 20.8 Å². The second-order valence-corrected chi connectivity index (χ2v) is 14.1. The summed E-state index contributed by atoms with van der Waals surface area (Å²) < 4.78 is 11.3. The Hall–Kier alpha value is -5.51. The molecule has 1 saturated carbocycles. The molecule has 10 heteroatoms. The number of methoxy groups -OCH3 is 2. The van der Waals surface area contributed by atoms with Crippen LogP contribution in [-0.4, -0.2) is 65.2 Å². The maximum Gasteiger partial charge on any atom is 0.303 e. The molecule has 1 saturated heterocycles. The van der Waals surface area contributed by atoms with Gasteiger partial charge in [0.2, 0.25) is 11.8 Å². The van der Waals surface area contributed by atoms with Gasteiger partial charge in [-0.1, -0.05) is 78.7 Å². The third-order valence-electron chi connectivity index (χ3n) is 11.6. The fraction of sp³-hybridized carbons (Fsp3) is 0.357. The molecule has 4 aliphatic rings. The molecule has 2 N–H and O–H groups in total. The lowest BCUT2D eigenvalue weighted by Crippen LogP contribution is -2.58. The number of unbranched alkanes of at least 4 members (excludes halogenated alkanes) is 2. The van der Waals surface area contributed by atoms with Crippen LogP contribution in [0.2, 0.25) is 0 Å². The summed E-state index contributed by atoms with van der Waals surface area (Å²) in [6.45, 7) is 0.179. The summed E-state index contributed by atoms with van der Waals surface area (Å²) in [4.78, 5) is 70.8. The van der Waals surface area contributed by atoms with Crippen LogP contribution < -0.4 is 9.47 Å². The SMILES string of the molecule is COc1cc(O)c(C2C3=CCC4C(=O)N(CCCCCC(=O)O)C(=O)C4C3CC3C(=O)C(c4ccccc4)=CC(=O)C32c2ccccc2)c(OC)c1. The molecule has 6 atom stereocenters. The molecule has 52 heavy (non-hydrogen) atoms. The monoisotopic (exact) mass is 703 g/mol. The minimum Gasteiger partial charge on any atom is -0.507 e. The molecule has 0 aromatic heterocycles. The van der Waals surface area contributed by atoms with Crippen molar-refractivity contribution in [3.63, 3.8) is 0 Å². The number of phenolic OH excluding ortho intramolecular Hbond substituents is 1. The number of aromatic hydroxyl groups is 1. The summed E-state index contributed by atoms with van der Waals surface area (Å²) in [6, 6.07) is 21.3. The van der Waals surface area contributed by atoms with Gasteiger partial charge in [-0.15, -0.1) is 0 Å². The van der Waals surface area contributed by atoms with Crippen LogP contribution in [-0.2, 0) is 29.4 Å². The van der Waals surface area contributed by atoms with Crippen molar-refractivity contribution in [1.82, 2.24) is 4.90 Å². The summed E-state index contributed by atoms with van der Waals surface area (Å²) in [5, 5.41) is 20.9. The molecule has 1 aliphatic heterocycles. The van der Waals surface area contributed by atoms with Gasteiger partial charge in [-0.2, -0.15) is 0 Å². The highest BCUT2D eigenvalue weighted by Gasteiger charge is 2.66. The Morgan fingerprint density at radius 2 is 1.60 bits per heavy atom. The largest absolute Gasteiger partial charge is 0.507 e. The number of carboxylic acid groups (broad SMARTS) is 1. The van der Waals surface area contributed by atoms with Crippen molar-refractivity contribution in [2.24, 2.45) is 23.7 Å². The molecule has 2 amide bonds. The van der Waals surface area contributed by atoms with Crippen molar-refractivity contribution < 1.29 is 43.7 Å². The topological polar surface area (TPSA) is 148 Å². The first kappa shape index (κ1) is 34.9. The predicted molar refractivity (Wildman–Crippen MR) is 191 cm³/mol. The van der Waals surface area contributed by atoms with E-state index in [-0.39, 0.29) is 66.3 Å². The molecule has 6 unspecified atom stereocenters. The van der Waals surface area contributed by atoms with Crippen LogP contribution in [0.15, 0.2) is 90.5 Å². The lowest BCUT2D eigenvalue weighted by atomic mass is 9.44. The summed E-state index contributed by atoms with van der Waals surface area (Å²) in [7, 11) is 2.93. The number of benzene rings is 3. The van der Waals surface area contributed by atoms with Crippen molar-refractivity contribution >= 4 is 34.9 Å². The van der Waals surface area contributed by atoms with Crippen LogP contribution >= 0.6 is 0 Å². The molecule has 10 nitrogen and oxygen atoms in total. The first-order valence-electron chi connectivity index (χ1n) is 17.8. The third kappa shape index (κ3) is 5.52. The number of Topliss-reactive ketones (excluding diaryl/α,β-unsaturated/α-hetero) is 1. The van der Waals surface area contributed by atoms with Crippen molar-refractivity contribution in [3.05, 3.63) is 107 Å². The van der Waals surface area contributed by atoms with Gasteiger partial charge in [0.15, 0.2) is 11.6 Å². The number of hydrogen-bond donors (Lipinski definition) is 2. The second-order valence-electron chi connectivity index (χ2n) is 14.1. The number of phenols is 1. The van der Waals surface area contributed by atoms with Crippen LogP contribution in [0.3, 0.4) is 0 Å². The predicted octanol–water partition coefficient (Wildman–Crippen LogP) is 5.88. The van der Waals surface area contributed by atoms with Crippen LogP contribution in [0.4, 0.5) is 0 Å². The number of carbonyl (C=O) groups is 5. The van der Waals surface area contributed by atoms with E-state index in [1.165, 1.54) is 31.3 Å². The number of amides is 2. The third-order valence-corrected chi connectivity index (χ3v) is 11.6. The van der Waals surface area contributed by atoms with Crippen LogP contribution in [0.25, 0.3) is 5.57 Å². The van der Waals surface area contributed by atoms with Gasteiger partial charge in [0, 0.05) is 48.1 Å². The van der Waals surface area contributed by atoms with E-state index in [1.807, 2.05) is 54.6 Å². The number of aliphatic carboxylic acids is 1. The number of rotatable bonds is 11. The average molecular weight is 704 g/mol. The van der Waals surface area contributed by atoms with Crippen LogP contribution in [0, 0.1) is 23.7 Å². The fourth-order valence-electron chi connectivity index (χ4n) is 9.36. The maximum atomic E-state index is 15.2. The lowest BCUT2D eigenvalue weighted by Gasteiger charge is -2.55. The molecule has 0 bridgehead atoms. The second kappa shape index (κ2) is 13.9.